The zero-order chi connectivity index (χ0) is 18.5. The molecule has 0 radical (unpaired) electrons. The fourth-order valence-electron chi connectivity index (χ4n) is 2.89. The highest BCUT2D eigenvalue weighted by molar-refractivity contribution is 6.05. The molecule has 0 aliphatic rings. The monoisotopic (exact) mass is 344 g/mol. The number of nitrogens with zero attached hydrogens (tertiary/aromatic N) is 2. The molecule has 3 heteroatoms. The van der Waals surface area contributed by atoms with Crippen molar-refractivity contribution < 1.29 is 4.79 Å². The van der Waals surface area contributed by atoms with E-state index in [1.807, 2.05) is 49.4 Å². The third-order valence-corrected chi connectivity index (χ3v) is 4.42. The highest BCUT2D eigenvalue weighted by Gasteiger charge is 2.19. The first-order valence-electron chi connectivity index (χ1n) is 8.93. The quantitative estimate of drug-likeness (QED) is 0.624. The Kier molecular flexibility index (Phi) is 5.47. The van der Waals surface area contributed by atoms with Crippen LogP contribution in [0.15, 0.2) is 72.9 Å². The van der Waals surface area contributed by atoms with Crippen molar-refractivity contribution in [2.45, 2.75) is 33.2 Å². The van der Waals surface area contributed by atoms with E-state index in [1.165, 1.54) is 5.56 Å². The molecule has 1 heterocycles. The zero-order valence-corrected chi connectivity index (χ0v) is 15.5. The Balaban J connectivity index is 1.92. The number of rotatable bonds is 5. The number of benzene rings is 2. The maximum Gasteiger partial charge on any atom is 0.259 e. The average molecular weight is 344 g/mol. The van der Waals surface area contributed by atoms with Crippen LogP contribution >= 0.6 is 0 Å². The predicted molar refractivity (Wildman–Crippen MR) is 106 cm³/mol. The topological polar surface area (TPSA) is 33.2 Å². The Bertz CT molecular complexity index is 870. The van der Waals surface area contributed by atoms with E-state index in [9.17, 15) is 4.79 Å². The molecule has 3 nitrogen and oxygen atoms in total. The normalized spacial score (nSPS) is 10.8. The third kappa shape index (κ3) is 4.17. The van der Waals surface area contributed by atoms with Gasteiger partial charge in [-0.05, 0) is 48.2 Å². The van der Waals surface area contributed by atoms with Gasteiger partial charge in [-0.25, -0.2) is 4.98 Å². The fourth-order valence-corrected chi connectivity index (χ4v) is 2.89. The molecule has 3 aromatic rings. The van der Waals surface area contributed by atoms with Gasteiger partial charge in [0.2, 0.25) is 0 Å². The number of aromatic nitrogens is 1. The van der Waals surface area contributed by atoms with E-state index >= 15 is 0 Å². The van der Waals surface area contributed by atoms with Crippen LogP contribution in [-0.2, 0) is 6.54 Å². The van der Waals surface area contributed by atoms with E-state index in [1.54, 1.807) is 11.1 Å². The van der Waals surface area contributed by atoms with E-state index in [0.29, 0.717) is 23.8 Å². The summed E-state index contributed by atoms with van der Waals surface area (Å²) in [7, 11) is 0. The number of carbonyl (C=O) groups is 1. The molecule has 2 aromatic carbocycles. The first-order chi connectivity index (χ1) is 12.5. The van der Waals surface area contributed by atoms with Crippen molar-refractivity contribution in [2.75, 3.05) is 4.90 Å². The highest BCUT2D eigenvalue weighted by Crippen LogP contribution is 2.20. The van der Waals surface area contributed by atoms with E-state index in [0.717, 1.165) is 11.1 Å². The van der Waals surface area contributed by atoms with E-state index in [2.05, 4.69) is 43.1 Å². The van der Waals surface area contributed by atoms with Gasteiger partial charge in [-0.1, -0.05) is 61.9 Å². The Morgan fingerprint density at radius 1 is 1.00 bits per heavy atom. The summed E-state index contributed by atoms with van der Waals surface area (Å²) in [6, 6.07) is 21.8. The molecule has 0 bridgehead atoms. The van der Waals surface area contributed by atoms with Crippen LogP contribution in [0.25, 0.3) is 0 Å². The molecular formula is C23H24N2O. The number of hydrogen-bond donors (Lipinski definition) is 0. The second-order valence-electron chi connectivity index (χ2n) is 6.84. The minimum Gasteiger partial charge on any atom is -0.288 e. The van der Waals surface area contributed by atoms with Crippen LogP contribution in [0.3, 0.4) is 0 Å². The molecule has 0 atom stereocenters. The maximum absolute atomic E-state index is 13.2. The van der Waals surface area contributed by atoms with Gasteiger partial charge in [0.05, 0.1) is 6.54 Å². The number of hydrogen-bond acceptors (Lipinski definition) is 2. The van der Waals surface area contributed by atoms with Crippen LogP contribution in [-0.4, -0.2) is 10.9 Å². The molecule has 132 valence electrons. The minimum absolute atomic E-state index is 0.0414. The Morgan fingerprint density at radius 2 is 1.77 bits per heavy atom. The van der Waals surface area contributed by atoms with Crippen molar-refractivity contribution >= 4 is 11.7 Å². The van der Waals surface area contributed by atoms with Crippen LogP contribution in [0.4, 0.5) is 5.82 Å². The van der Waals surface area contributed by atoms with Gasteiger partial charge in [0.1, 0.15) is 5.82 Å². The summed E-state index contributed by atoms with van der Waals surface area (Å²) in [5.74, 6) is 1.11. The molecule has 1 amide bonds. The predicted octanol–water partition coefficient (Wildman–Crippen LogP) is 5.36. The number of anilines is 1. The van der Waals surface area contributed by atoms with Crippen LogP contribution in [0.2, 0.25) is 0 Å². The Hall–Kier alpha value is -2.94. The Labute approximate surface area is 155 Å². The van der Waals surface area contributed by atoms with Gasteiger partial charge in [0, 0.05) is 11.8 Å². The molecule has 0 aliphatic heterocycles. The zero-order valence-electron chi connectivity index (χ0n) is 15.5. The molecular weight excluding hydrogens is 320 g/mol. The van der Waals surface area contributed by atoms with Gasteiger partial charge in [-0.15, -0.1) is 0 Å². The standard InChI is InChI=1S/C23H24N2O/c1-17(2)20-12-10-19(11-13-20)16-25(22-9-4-5-14-24-22)23(26)21-8-6-7-18(3)15-21/h4-15,17H,16H2,1-3H3. The number of pyridine rings is 1. The van der Waals surface area contributed by atoms with E-state index < -0.39 is 0 Å². The molecule has 0 saturated carbocycles. The molecule has 0 fully saturated rings. The van der Waals surface area contributed by atoms with Crippen molar-refractivity contribution in [1.29, 1.82) is 0 Å². The molecule has 0 saturated heterocycles. The molecule has 1 aromatic heterocycles. The van der Waals surface area contributed by atoms with Gasteiger partial charge in [-0.3, -0.25) is 9.69 Å². The van der Waals surface area contributed by atoms with E-state index in [4.69, 9.17) is 0 Å². The summed E-state index contributed by atoms with van der Waals surface area (Å²) in [6.07, 6.45) is 1.72. The summed E-state index contributed by atoms with van der Waals surface area (Å²) in [6.45, 7) is 6.83. The number of carbonyl (C=O) groups excluding carboxylic acids is 1. The molecule has 0 N–H and O–H groups in total. The maximum atomic E-state index is 13.2. The lowest BCUT2D eigenvalue weighted by molar-refractivity contribution is 0.0984. The number of aryl methyl sites for hydroxylation is 1. The van der Waals surface area contributed by atoms with Crippen molar-refractivity contribution in [1.82, 2.24) is 4.98 Å². The van der Waals surface area contributed by atoms with Crippen LogP contribution in [0, 0.1) is 6.92 Å². The van der Waals surface area contributed by atoms with Crippen molar-refractivity contribution in [2.24, 2.45) is 0 Å². The van der Waals surface area contributed by atoms with Crippen molar-refractivity contribution in [3.8, 4) is 0 Å². The summed E-state index contributed by atoms with van der Waals surface area (Å²) in [4.78, 5) is 19.3. The molecule has 26 heavy (non-hydrogen) atoms. The largest absolute Gasteiger partial charge is 0.288 e. The first-order valence-corrected chi connectivity index (χ1v) is 8.93. The third-order valence-electron chi connectivity index (χ3n) is 4.42. The molecule has 0 spiro atoms. The lowest BCUT2D eigenvalue weighted by atomic mass is 10.0. The van der Waals surface area contributed by atoms with Crippen molar-refractivity contribution in [3.63, 3.8) is 0 Å². The smallest absolute Gasteiger partial charge is 0.259 e. The molecule has 0 unspecified atom stereocenters. The highest BCUT2D eigenvalue weighted by atomic mass is 16.2. The minimum atomic E-state index is -0.0414. The summed E-state index contributed by atoms with van der Waals surface area (Å²) in [5, 5.41) is 0. The van der Waals surface area contributed by atoms with Gasteiger partial charge < -0.3 is 0 Å². The van der Waals surface area contributed by atoms with Crippen LogP contribution in [0.1, 0.15) is 46.8 Å². The van der Waals surface area contributed by atoms with Gasteiger partial charge in [0.25, 0.3) is 5.91 Å². The summed E-state index contributed by atoms with van der Waals surface area (Å²) < 4.78 is 0. The van der Waals surface area contributed by atoms with Crippen molar-refractivity contribution in [3.05, 3.63) is 95.2 Å². The van der Waals surface area contributed by atoms with Gasteiger partial charge in [-0.2, -0.15) is 0 Å². The average Bonchev–Trinajstić information content (AvgIpc) is 2.66. The summed E-state index contributed by atoms with van der Waals surface area (Å²) >= 11 is 0. The lowest BCUT2D eigenvalue weighted by Crippen LogP contribution is -2.31. The fraction of sp³-hybridized carbons (Fsp3) is 0.217. The molecule has 3 rings (SSSR count). The lowest BCUT2D eigenvalue weighted by Gasteiger charge is -2.22. The van der Waals surface area contributed by atoms with Crippen LogP contribution in [0.5, 0.6) is 0 Å². The van der Waals surface area contributed by atoms with E-state index in [-0.39, 0.29) is 5.91 Å². The SMILES string of the molecule is Cc1cccc(C(=O)N(Cc2ccc(C(C)C)cc2)c2ccccn2)c1. The van der Waals surface area contributed by atoms with Gasteiger partial charge >= 0.3 is 0 Å². The van der Waals surface area contributed by atoms with Gasteiger partial charge in [0.15, 0.2) is 0 Å². The van der Waals surface area contributed by atoms with Crippen LogP contribution < -0.4 is 4.90 Å². The number of amides is 1. The second kappa shape index (κ2) is 7.96. The summed E-state index contributed by atoms with van der Waals surface area (Å²) in [5.41, 5.74) is 4.12. The molecule has 0 aliphatic carbocycles. The second-order valence-corrected chi connectivity index (χ2v) is 6.84. The first kappa shape index (κ1) is 17.9. The Morgan fingerprint density at radius 3 is 2.38 bits per heavy atom.